The predicted octanol–water partition coefficient (Wildman–Crippen LogP) is 3.89. The molecule has 1 amide bonds. The number of hydrogen-bond acceptors (Lipinski definition) is 3. The quantitative estimate of drug-likeness (QED) is 0.599. The third-order valence-corrected chi connectivity index (χ3v) is 3.55. The lowest BCUT2D eigenvalue weighted by molar-refractivity contribution is 0.137. The minimum atomic E-state index is -0.443. The fourth-order valence-electron chi connectivity index (χ4n) is 1.81. The van der Waals surface area contributed by atoms with Gasteiger partial charge in [-0.05, 0) is 23.3 Å². The Kier molecular flexibility index (Phi) is 6.77. The maximum atomic E-state index is 11.5. The maximum absolute atomic E-state index is 11.5. The summed E-state index contributed by atoms with van der Waals surface area (Å²) >= 11 is 3.40. The molecule has 4 nitrogen and oxygen atoms in total. The van der Waals surface area contributed by atoms with Crippen molar-refractivity contribution in [3.8, 4) is 5.75 Å². The molecule has 2 aromatic rings. The molecule has 0 saturated heterocycles. The van der Waals surface area contributed by atoms with Gasteiger partial charge in [-0.25, -0.2) is 4.79 Å². The number of hydrogen-bond donors (Lipinski definition) is 1. The average Bonchev–Trinajstić information content (AvgIpc) is 2.58. The van der Waals surface area contributed by atoms with E-state index in [0.29, 0.717) is 13.2 Å². The van der Waals surface area contributed by atoms with Crippen LogP contribution >= 0.6 is 15.9 Å². The van der Waals surface area contributed by atoms with Crippen molar-refractivity contribution in [2.24, 2.45) is 0 Å². The van der Waals surface area contributed by atoms with Crippen molar-refractivity contribution < 1.29 is 14.3 Å². The number of carbonyl (C=O) groups is 1. The molecule has 22 heavy (non-hydrogen) atoms. The number of rotatable bonds is 7. The van der Waals surface area contributed by atoms with Crippen molar-refractivity contribution in [2.75, 3.05) is 13.2 Å². The van der Waals surface area contributed by atoms with Crippen LogP contribution in [0.4, 0.5) is 4.79 Å². The molecule has 0 radical (unpaired) electrons. The fraction of sp³-hybridized carbons (Fsp3) is 0.235. The van der Waals surface area contributed by atoms with Gasteiger partial charge in [-0.15, -0.1) is 0 Å². The van der Waals surface area contributed by atoms with Crippen LogP contribution in [-0.2, 0) is 16.7 Å². The van der Waals surface area contributed by atoms with Gasteiger partial charge in [0.2, 0.25) is 0 Å². The number of alkyl carbamates (subject to hydrolysis) is 1. The van der Waals surface area contributed by atoms with Gasteiger partial charge in [0.25, 0.3) is 0 Å². The topological polar surface area (TPSA) is 47.6 Å². The van der Waals surface area contributed by atoms with E-state index in [0.717, 1.165) is 22.2 Å². The normalized spacial score (nSPS) is 10.0. The summed E-state index contributed by atoms with van der Waals surface area (Å²) in [6.45, 7) is 1.05. The summed E-state index contributed by atoms with van der Waals surface area (Å²) in [6, 6.07) is 17.4. The van der Waals surface area contributed by atoms with Gasteiger partial charge >= 0.3 is 6.09 Å². The second kappa shape index (κ2) is 9.10. The summed E-state index contributed by atoms with van der Waals surface area (Å²) in [4.78, 5) is 11.5. The van der Waals surface area contributed by atoms with Crippen LogP contribution in [0.15, 0.2) is 54.6 Å². The van der Waals surface area contributed by atoms with Gasteiger partial charge in [-0.1, -0.05) is 58.4 Å². The first kappa shape index (κ1) is 16.4. The highest BCUT2D eigenvalue weighted by Gasteiger charge is 2.02. The number of benzene rings is 2. The molecule has 0 fully saturated rings. The maximum Gasteiger partial charge on any atom is 0.407 e. The summed E-state index contributed by atoms with van der Waals surface area (Å²) in [6.07, 6.45) is -0.443. The molecule has 0 aliphatic rings. The van der Waals surface area contributed by atoms with Gasteiger partial charge in [0.05, 0.1) is 6.54 Å². The lowest BCUT2D eigenvalue weighted by atomic mass is 10.2. The molecule has 2 rings (SSSR count). The molecule has 0 saturated carbocycles. The zero-order valence-electron chi connectivity index (χ0n) is 12.1. The van der Waals surface area contributed by atoms with E-state index in [1.807, 2.05) is 54.6 Å². The first-order valence-corrected chi connectivity index (χ1v) is 8.12. The molecular weight excluding hydrogens is 346 g/mol. The van der Waals surface area contributed by atoms with Crippen LogP contribution in [0.1, 0.15) is 11.1 Å². The second-order valence-electron chi connectivity index (χ2n) is 4.62. The van der Waals surface area contributed by atoms with Crippen LogP contribution in [0.2, 0.25) is 0 Å². The smallest absolute Gasteiger partial charge is 0.407 e. The van der Waals surface area contributed by atoms with E-state index in [-0.39, 0.29) is 6.61 Å². The van der Waals surface area contributed by atoms with Crippen LogP contribution in [0, 0.1) is 0 Å². The Morgan fingerprint density at radius 3 is 2.59 bits per heavy atom. The summed E-state index contributed by atoms with van der Waals surface area (Å²) < 4.78 is 10.7. The van der Waals surface area contributed by atoms with Crippen molar-refractivity contribution in [1.29, 1.82) is 0 Å². The largest absolute Gasteiger partial charge is 0.492 e. The summed E-state index contributed by atoms with van der Waals surface area (Å²) in [5.74, 6) is 0.788. The molecule has 0 unspecified atom stereocenters. The molecule has 0 heterocycles. The number of nitrogens with one attached hydrogen (secondary N) is 1. The van der Waals surface area contributed by atoms with Gasteiger partial charge < -0.3 is 14.8 Å². The van der Waals surface area contributed by atoms with Gasteiger partial charge in [-0.3, -0.25) is 0 Å². The highest BCUT2D eigenvalue weighted by atomic mass is 79.9. The van der Waals surface area contributed by atoms with E-state index in [1.54, 1.807) is 0 Å². The first-order valence-electron chi connectivity index (χ1n) is 7.00. The van der Waals surface area contributed by atoms with Crippen LogP contribution in [0.5, 0.6) is 5.75 Å². The van der Waals surface area contributed by atoms with E-state index >= 15 is 0 Å². The molecule has 0 atom stereocenters. The van der Waals surface area contributed by atoms with E-state index in [4.69, 9.17) is 9.47 Å². The number of halogens is 1. The van der Waals surface area contributed by atoms with Crippen molar-refractivity contribution in [3.05, 3.63) is 65.7 Å². The standard InChI is InChI=1S/C17H18BrNO3/c18-12-15-7-4-8-16(11-15)21-10-9-19-17(20)22-13-14-5-2-1-3-6-14/h1-8,11H,9-10,12-13H2,(H,19,20). The van der Waals surface area contributed by atoms with Crippen molar-refractivity contribution >= 4 is 22.0 Å². The number of amides is 1. The Morgan fingerprint density at radius 1 is 1.05 bits per heavy atom. The minimum Gasteiger partial charge on any atom is -0.492 e. The molecule has 1 N–H and O–H groups in total. The summed E-state index contributed by atoms with van der Waals surface area (Å²) in [5.41, 5.74) is 2.10. The lowest BCUT2D eigenvalue weighted by Gasteiger charge is -2.09. The van der Waals surface area contributed by atoms with Gasteiger partial charge in [0.1, 0.15) is 19.0 Å². The second-order valence-corrected chi connectivity index (χ2v) is 5.18. The van der Waals surface area contributed by atoms with E-state index < -0.39 is 6.09 Å². The van der Waals surface area contributed by atoms with E-state index in [2.05, 4.69) is 21.2 Å². The number of carbonyl (C=O) groups excluding carboxylic acids is 1. The molecular formula is C17H18BrNO3. The van der Waals surface area contributed by atoms with Crippen molar-refractivity contribution in [3.63, 3.8) is 0 Å². The fourth-order valence-corrected chi connectivity index (χ4v) is 2.16. The Labute approximate surface area is 138 Å². The van der Waals surface area contributed by atoms with Gasteiger partial charge in [0, 0.05) is 5.33 Å². The Bertz CT molecular complexity index is 589. The highest BCUT2D eigenvalue weighted by Crippen LogP contribution is 2.15. The zero-order chi connectivity index (χ0) is 15.6. The molecule has 0 aliphatic carbocycles. The lowest BCUT2D eigenvalue weighted by Crippen LogP contribution is -2.28. The molecule has 2 aromatic carbocycles. The summed E-state index contributed by atoms with van der Waals surface area (Å²) in [5, 5.41) is 3.44. The molecule has 116 valence electrons. The Morgan fingerprint density at radius 2 is 1.82 bits per heavy atom. The minimum absolute atomic E-state index is 0.265. The molecule has 0 aromatic heterocycles. The Balaban J connectivity index is 1.62. The van der Waals surface area contributed by atoms with Crippen molar-refractivity contribution in [2.45, 2.75) is 11.9 Å². The third kappa shape index (κ3) is 5.77. The average molecular weight is 364 g/mol. The SMILES string of the molecule is O=C(NCCOc1cccc(CBr)c1)OCc1ccccc1. The van der Waals surface area contributed by atoms with Crippen LogP contribution < -0.4 is 10.1 Å². The zero-order valence-corrected chi connectivity index (χ0v) is 13.7. The highest BCUT2D eigenvalue weighted by molar-refractivity contribution is 9.08. The third-order valence-electron chi connectivity index (χ3n) is 2.91. The van der Waals surface area contributed by atoms with E-state index in [1.165, 1.54) is 0 Å². The molecule has 0 aliphatic heterocycles. The predicted molar refractivity (Wildman–Crippen MR) is 89.2 cm³/mol. The monoisotopic (exact) mass is 363 g/mol. The first-order chi connectivity index (χ1) is 10.8. The van der Waals surface area contributed by atoms with E-state index in [9.17, 15) is 4.79 Å². The molecule has 0 bridgehead atoms. The van der Waals surface area contributed by atoms with Gasteiger partial charge in [-0.2, -0.15) is 0 Å². The molecule has 5 heteroatoms. The Hall–Kier alpha value is -2.01. The van der Waals surface area contributed by atoms with Crippen LogP contribution in [0.3, 0.4) is 0 Å². The number of alkyl halides is 1. The molecule has 0 spiro atoms. The number of ether oxygens (including phenoxy) is 2. The van der Waals surface area contributed by atoms with Crippen LogP contribution in [0.25, 0.3) is 0 Å². The van der Waals surface area contributed by atoms with Gasteiger partial charge in [0.15, 0.2) is 0 Å². The van der Waals surface area contributed by atoms with Crippen LogP contribution in [-0.4, -0.2) is 19.2 Å². The summed E-state index contributed by atoms with van der Waals surface area (Å²) in [7, 11) is 0. The van der Waals surface area contributed by atoms with Crippen molar-refractivity contribution in [1.82, 2.24) is 5.32 Å².